The van der Waals surface area contributed by atoms with Crippen molar-refractivity contribution in [3.63, 3.8) is 0 Å². The number of likely N-dealkylation sites (tertiary alicyclic amines) is 1. The van der Waals surface area contributed by atoms with Crippen LogP contribution in [0, 0.1) is 0 Å². The molecule has 2 heterocycles. The van der Waals surface area contributed by atoms with Gasteiger partial charge in [0.15, 0.2) is 0 Å². The number of nitrogens with zero attached hydrogens (tertiary/aromatic N) is 2. The van der Waals surface area contributed by atoms with Gasteiger partial charge in [-0.05, 0) is 55.4 Å². The van der Waals surface area contributed by atoms with Crippen LogP contribution >= 0.6 is 0 Å². The first kappa shape index (κ1) is 18.8. The number of fused-ring (bicyclic) bond motifs is 1. The van der Waals surface area contributed by atoms with E-state index < -0.39 is 0 Å². The summed E-state index contributed by atoms with van der Waals surface area (Å²) in [6.07, 6.45) is 5.46. The summed E-state index contributed by atoms with van der Waals surface area (Å²) in [5, 5.41) is 0. The Hall–Kier alpha value is -2.17. The number of morpholine rings is 1. The number of aryl methyl sites for hydroxylation is 1. The minimum absolute atomic E-state index is 0.0807. The monoisotopic (exact) mass is 390 g/mol. The van der Waals surface area contributed by atoms with Crippen molar-refractivity contribution < 1.29 is 9.53 Å². The van der Waals surface area contributed by atoms with Crippen molar-refractivity contribution in [2.45, 2.75) is 43.7 Å². The number of rotatable bonds is 2. The highest BCUT2D eigenvalue weighted by molar-refractivity contribution is 5.94. The second-order valence-corrected chi connectivity index (χ2v) is 8.83. The molecular weight excluding hydrogens is 360 g/mol. The fourth-order valence-electron chi connectivity index (χ4n) is 5.36. The molecule has 0 aromatic heterocycles. The summed E-state index contributed by atoms with van der Waals surface area (Å²) in [5.74, 6) is 0.150. The third-order valence-electron chi connectivity index (χ3n) is 7.10. The minimum atomic E-state index is -0.0807. The topological polar surface area (TPSA) is 32.8 Å². The zero-order valence-corrected chi connectivity index (χ0v) is 17.1. The second kappa shape index (κ2) is 7.92. The zero-order chi connectivity index (χ0) is 19.7. The van der Waals surface area contributed by atoms with Crippen LogP contribution < -0.4 is 0 Å². The minimum Gasteiger partial charge on any atom is -0.372 e. The van der Waals surface area contributed by atoms with E-state index >= 15 is 0 Å². The van der Waals surface area contributed by atoms with Gasteiger partial charge < -0.3 is 9.64 Å². The fourth-order valence-corrected chi connectivity index (χ4v) is 5.36. The van der Waals surface area contributed by atoms with Gasteiger partial charge in [0.2, 0.25) is 0 Å². The molecule has 152 valence electrons. The van der Waals surface area contributed by atoms with Gasteiger partial charge >= 0.3 is 0 Å². The van der Waals surface area contributed by atoms with Crippen molar-refractivity contribution in [1.82, 2.24) is 9.80 Å². The van der Waals surface area contributed by atoms with Crippen LogP contribution in [0.2, 0.25) is 0 Å². The van der Waals surface area contributed by atoms with Crippen LogP contribution in [0.3, 0.4) is 0 Å². The van der Waals surface area contributed by atoms with Crippen molar-refractivity contribution in [2.75, 3.05) is 32.8 Å². The van der Waals surface area contributed by atoms with Crippen LogP contribution in [0.25, 0.3) is 0 Å². The molecule has 0 saturated carbocycles. The van der Waals surface area contributed by atoms with Gasteiger partial charge in [-0.15, -0.1) is 0 Å². The lowest BCUT2D eigenvalue weighted by atomic mass is 9.84. The summed E-state index contributed by atoms with van der Waals surface area (Å²) in [4.78, 5) is 17.4. The van der Waals surface area contributed by atoms with Crippen LogP contribution in [0.4, 0.5) is 0 Å². The molecule has 5 rings (SSSR count). The van der Waals surface area contributed by atoms with E-state index in [1.807, 2.05) is 35.2 Å². The maximum atomic E-state index is 12.8. The first-order chi connectivity index (χ1) is 14.2. The number of ether oxygens (including phenoxy) is 1. The maximum Gasteiger partial charge on any atom is 0.253 e. The number of carbonyl (C=O) groups is 1. The molecule has 0 bridgehead atoms. The average molecular weight is 391 g/mol. The molecule has 2 aromatic carbocycles. The van der Waals surface area contributed by atoms with Crippen LogP contribution in [0.15, 0.2) is 54.6 Å². The van der Waals surface area contributed by atoms with Crippen molar-refractivity contribution in [3.05, 3.63) is 71.3 Å². The highest BCUT2D eigenvalue weighted by atomic mass is 16.5. The van der Waals surface area contributed by atoms with Gasteiger partial charge in [-0.3, -0.25) is 9.69 Å². The van der Waals surface area contributed by atoms with Gasteiger partial charge in [-0.25, -0.2) is 0 Å². The fraction of sp³-hybridized carbons (Fsp3) is 0.480. The SMILES string of the molecule is O=C(c1ccccc1)N1CCC2(CC1)CN(C1CCc3ccccc3C1)CCO2. The number of hydrogen-bond donors (Lipinski definition) is 0. The summed E-state index contributed by atoms with van der Waals surface area (Å²) in [5.41, 5.74) is 3.76. The second-order valence-electron chi connectivity index (χ2n) is 8.83. The van der Waals surface area contributed by atoms with Gasteiger partial charge in [-0.2, -0.15) is 0 Å². The lowest BCUT2D eigenvalue weighted by Gasteiger charge is -2.49. The van der Waals surface area contributed by atoms with Gasteiger partial charge in [0.25, 0.3) is 5.91 Å². The molecule has 1 atom stereocenters. The predicted octanol–water partition coefficient (Wildman–Crippen LogP) is 3.55. The summed E-state index contributed by atoms with van der Waals surface area (Å²) in [6, 6.07) is 19.2. The Morgan fingerprint density at radius 3 is 2.45 bits per heavy atom. The van der Waals surface area contributed by atoms with E-state index in [0.717, 1.165) is 57.6 Å². The molecule has 0 radical (unpaired) electrons. The molecule has 2 aromatic rings. The van der Waals surface area contributed by atoms with E-state index in [9.17, 15) is 4.79 Å². The standard InChI is InChI=1S/C25H30N2O2/c28-24(21-7-2-1-3-8-21)26-14-12-25(13-15-26)19-27(16-17-29-25)23-11-10-20-6-4-5-9-22(20)18-23/h1-9,23H,10-19H2. The van der Waals surface area contributed by atoms with E-state index in [2.05, 4.69) is 29.2 Å². The molecule has 4 heteroatoms. The van der Waals surface area contributed by atoms with E-state index in [-0.39, 0.29) is 11.5 Å². The van der Waals surface area contributed by atoms with E-state index in [1.54, 1.807) is 0 Å². The highest BCUT2D eigenvalue weighted by Gasteiger charge is 2.42. The van der Waals surface area contributed by atoms with E-state index in [4.69, 9.17) is 4.74 Å². The lowest BCUT2D eigenvalue weighted by Crippen LogP contribution is -2.59. The zero-order valence-electron chi connectivity index (χ0n) is 17.1. The first-order valence-electron chi connectivity index (χ1n) is 11.0. The Balaban J connectivity index is 1.22. The number of amides is 1. The number of benzene rings is 2. The van der Waals surface area contributed by atoms with Crippen molar-refractivity contribution in [3.8, 4) is 0 Å². The van der Waals surface area contributed by atoms with Gasteiger partial charge in [0.1, 0.15) is 0 Å². The molecule has 1 amide bonds. The third kappa shape index (κ3) is 3.84. The number of hydrogen-bond acceptors (Lipinski definition) is 3. The number of carbonyl (C=O) groups excluding carboxylic acids is 1. The van der Waals surface area contributed by atoms with E-state index in [0.29, 0.717) is 6.04 Å². The molecule has 3 aliphatic rings. The Morgan fingerprint density at radius 2 is 1.66 bits per heavy atom. The molecule has 2 saturated heterocycles. The van der Waals surface area contributed by atoms with Crippen LogP contribution in [0.1, 0.15) is 40.7 Å². The Bertz CT molecular complexity index is 858. The van der Waals surface area contributed by atoms with Crippen LogP contribution in [0.5, 0.6) is 0 Å². The third-order valence-corrected chi connectivity index (χ3v) is 7.10. The van der Waals surface area contributed by atoms with E-state index in [1.165, 1.54) is 24.0 Å². The number of piperidine rings is 1. The largest absolute Gasteiger partial charge is 0.372 e. The van der Waals surface area contributed by atoms with Gasteiger partial charge in [0.05, 0.1) is 12.2 Å². The molecule has 4 nitrogen and oxygen atoms in total. The highest BCUT2D eigenvalue weighted by Crippen LogP contribution is 2.34. The normalized spacial score (nSPS) is 24.3. The first-order valence-corrected chi connectivity index (χ1v) is 11.0. The van der Waals surface area contributed by atoms with Crippen LogP contribution in [-0.4, -0.2) is 60.1 Å². The molecule has 1 aliphatic carbocycles. The molecule has 0 N–H and O–H groups in total. The Labute approximate surface area is 173 Å². The quantitative estimate of drug-likeness (QED) is 0.786. The lowest BCUT2D eigenvalue weighted by molar-refractivity contribution is -0.141. The van der Waals surface area contributed by atoms with Gasteiger partial charge in [0, 0.05) is 37.8 Å². The molecule has 2 fully saturated rings. The molecule has 2 aliphatic heterocycles. The molecule has 1 unspecified atom stereocenters. The Morgan fingerprint density at radius 1 is 0.931 bits per heavy atom. The smallest absolute Gasteiger partial charge is 0.253 e. The summed E-state index contributed by atoms with van der Waals surface area (Å²) in [6.45, 7) is 4.42. The maximum absolute atomic E-state index is 12.8. The van der Waals surface area contributed by atoms with Crippen molar-refractivity contribution in [1.29, 1.82) is 0 Å². The van der Waals surface area contributed by atoms with Crippen molar-refractivity contribution >= 4 is 5.91 Å². The molecule has 1 spiro atoms. The summed E-state index contributed by atoms with van der Waals surface area (Å²) >= 11 is 0. The van der Waals surface area contributed by atoms with Gasteiger partial charge in [-0.1, -0.05) is 42.5 Å². The predicted molar refractivity (Wildman–Crippen MR) is 114 cm³/mol. The van der Waals surface area contributed by atoms with Crippen molar-refractivity contribution in [2.24, 2.45) is 0 Å². The molecule has 29 heavy (non-hydrogen) atoms. The molecular formula is C25H30N2O2. The average Bonchev–Trinajstić information content (AvgIpc) is 2.79. The summed E-state index contributed by atoms with van der Waals surface area (Å²) in [7, 11) is 0. The summed E-state index contributed by atoms with van der Waals surface area (Å²) < 4.78 is 6.35. The Kier molecular flexibility index (Phi) is 5.15. The van der Waals surface area contributed by atoms with Crippen LogP contribution in [-0.2, 0) is 17.6 Å².